The topological polar surface area (TPSA) is 78.1 Å². The molecule has 0 N–H and O–H groups in total. The first-order chi connectivity index (χ1) is 13.2. The Balaban J connectivity index is 1.44. The van der Waals surface area contributed by atoms with Gasteiger partial charge in [-0.25, -0.2) is 9.36 Å². The number of methoxy groups -OCH3 is 1. The van der Waals surface area contributed by atoms with Crippen LogP contribution in [-0.4, -0.2) is 55.8 Å². The summed E-state index contributed by atoms with van der Waals surface area (Å²) < 4.78 is 8.78. The summed E-state index contributed by atoms with van der Waals surface area (Å²) in [4.78, 5) is 14.8. The van der Waals surface area contributed by atoms with E-state index in [1.807, 2.05) is 46.2 Å². The Morgan fingerprint density at radius 3 is 2.70 bits per heavy atom. The van der Waals surface area contributed by atoms with Crippen molar-refractivity contribution in [1.82, 2.24) is 29.7 Å². The first-order valence-corrected chi connectivity index (χ1v) is 9.10. The SMILES string of the molecule is COc1ccc(-n2ccc(C(=O)N3CCCC(n4ccnn4)CC3)n2)cc1. The molecule has 27 heavy (non-hydrogen) atoms. The van der Waals surface area contributed by atoms with Gasteiger partial charge in [-0.2, -0.15) is 5.10 Å². The molecule has 1 aliphatic rings. The van der Waals surface area contributed by atoms with Crippen LogP contribution in [0.5, 0.6) is 5.75 Å². The quantitative estimate of drug-likeness (QED) is 0.708. The van der Waals surface area contributed by atoms with Gasteiger partial charge in [0.15, 0.2) is 5.69 Å². The van der Waals surface area contributed by atoms with E-state index in [4.69, 9.17) is 4.74 Å². The van der Waals surface area contributed by atoms with Gasteiger partial charge in [0.2, 0.25) is 0 Å². The maximum atomic E-state index is 12.9. The lowest BCUT2D eigenvalue weighted by molar-refractivity contribution is 0.0753. The van der Waals surface area contributed by atoms with Gasteiger partial charge in [-0.05, 0) is 49.6 Å². The number of benzene rings is 1. The Labute approximate surface area is 157 Å². The van der Waals surface area contributed by atoms with Gasteiger partial charge in [0.25, 0.3) is 5.91 Å². The van der Waals surface area contributed by atoms with E-state index in [0.717, 1.165) is 37.2 Å². The van der Waals surface area contributed by atoms with E-state index in [0.29, 0.717) is 18.3 Å². The summed E-state index contributed by atoms with van der Waals surface area (Å²) in [6.07, 6.45) is 8.19. The summed E-state index contributed by atoms with van der Waals surface area (Å²) in [5.74, 6) is 0.759. The minimum atomic E-state index is -0.0264. The first kappa shape index (κ1) is 17.3. The van der Waals surface area contributed by atoms with Crippen molar-refractivity contribution in [3.63, 3.8) is 0 Å². The zero-order chi connectivity index (χ0) is 18.6. The molecule has 1 amide bonds. The predicted octanol–water partition coefficient (Wildman–Crippen LogP) is 2.34. The monoisotopic (exact) mass is 366 g/mol. The molecule has 0 spiro atoms. The average Bonchev–Trinajstić information content (AvgIpc) is 3.36. The molecule has 4 rings (SSSR count). The highest BCUT2D eigenvalue weighted by Crippen LogP contribution is 2.22. The van der Waals surface area contributed by atoms with Crippen molar-refractivity contribution in [2.24, 2.45) is 0 Å². The molecule has 1 unspecified atom stereocenters. The summed E-state index contributed by atoms with van der Waals surface area (Å²) in [6, 6.07) is 9.63. The molecule has 3 aromatic rings. The van der Waals surface area contributed by atoms with Crippen LogP contribution in [0.4, 0.5) is 0 Å². The van der Waals surface area contributed by atoms with Gasteiger partial charge in [-0.15, -0.1) is 5.10 Å². The maximum Gasteiger partial charge on any atom is 0.274 e. The number of likely N-dealkylation sites (tertiary alicyclic amines) is 1. The van der Waals surface area contributed by atoms with Crippen LogP contribution in [0.25, 0.3) is 5.69 Å². The molecule has 140 valence electrons. The molecule has 1 aliphatic heterocycles. The number of rotatable bonds is 4. The summed E-state index contributed by atoms with van der Waals surface area (Å²) in [7, 11) is 1.63. The molecule has 0 saturated carbocycles. The lowest BCUT2D eigenvalue weighted by atomic mass is 10.1. The number of hydrogen-bond acceptors (Lipinski definition) is 5. The number of hydrogen-bond donors (Lipinski definition) is 0. The van der Waals surface area contributed by atoms with E-state index in [1.165, 1.54) is 0 Å². The van der Waals surface area contributed by atoms with E-state index < -0.39 is 0 Å². The van der Waals surface area contributed by atoms with E-state index in [-0.39, 0.29) is 5.91 Å². The third kappa shape index (κ3) is 3.69. The largest absolute Gasteiger partial charge is 0.497 e. The van der Waals surface area contributed by atoms with Gasteiger partial charge in [-0.1, -0.05) is 5.21 Å². The highest BCUT2D eigenvalue weighted by atomic mass is 16.5. The van der Waals surface area contributed by atoms with Crippen molar-refractivity contribution in [1.29, 1.82) is 0 Å². The molecule has 0 radical (unpaired) electrons. The Kier molecular flexibility index (Phi) is 4.86. The second-order valence-electron chi connectivity index (χ2n) is 6.60. The Morgan fingerprint density at radius 2 is 1.96 bits per heavy atom. The van der Waals surface area contributed by atoms with Crippen molar-refractivity contribution in [3.05, 3.63) is 54.6 Å². The zero-order valence-electron chi connectivity index (χ0n) is 15.2. The minimum Gasteiger partial charge on any atom is -0.497 e. The van der Waals surface area contributed by atoms with Gasteiger partial charge >= 0.3 is 0 Å². The van der Waals surface area contributed by atoms with Crippen molar-refractivity contribution >= 4 is 5.91 Å². The van der Waals surface area contributed by atoms with Gasteiger partial charge in [0.1, 0.15) is 5.75 Å². The van der Waals surface area contributed by atoms with Crippen molar-refractivity contribution in [2.45, 2.75) is 25.3 Å². The van der Waals surface area contributed by atoms with Gasteiger partial charge in [0, 0.05) is 25.5 Å². The zero-order valence-corrected chi connectivity index (χ0v) is 15.2. The summed E-state index contributed by atoms with van der Waals surface area (Å²) >= 11 is 0. The predicted molar refractivity (Wildman–Crippen MR) is 98.9 cm³/mol. The molecule has 1 aromatic carbocycles. The van der Waals surface area contributed by atoms with Gasteiger partial charge < -0.3 is 9.64 Å². The normalized spacial score (nSPS) is 17.5. The van der Waals surface area contributed by atoms with Crippen LogP contribution < -0.4 is 4.74 Å². The molecule has 8 nitrogen and oxygen atoms in total. The van der Waals surface area contributed by atoms with E-state index >= 15 is 0 Å². The van der Waals surface area contributed by atoms with Crippen molar-refractivity contribution in [2.75, 3.05) is 20.2 Å². The summed E-state index contributed by atoms with van der Waals surface area (Å²) in [6.45, 7) is 1.43. The second kappa shape index (κ2) is 7.61. The summed E-state index contributed by atoms with van der Waals surface area (Å²) in [5, 5.41) is 12.4. The molecular weight excluding hydrogens is 344 g/mol. The van der Waals surface area contributed by atoms with Gasteiger partial charge in [0.05, 0.1) is 25.0 Å². The van der Waals surface area contributed by atoms with Crippen LogP contribution in [0, 0.1) is 0 Å². The van der Waals surface area contributed by atoms with Crippen LogP contribution in [0.15, 0.2) is 48.9 Å². The molecule has 8 heteroatoms. The van der Waals surface area contributed by atoms with Crippen LogP contribution in [0.1, 0.15) is 35.8 Å². The molecule has 1 fully saturated rings. The van der Waals surface area contributed by atoms with E-state index in [2.05, 4.69) is 15.4 Å². The summed E-state index contributed by atoms with van der Waals surface area (Å²) in [5.41, 5.74) is 1.35. The fourth-order valence-corrected chi connectivity index (χ4v) is 3.44. The van der Waals surface area contributed by atoms with Crippen molar-refractivity contribution in [3.8, 4) is 11.4 Å². The van der Waals surface area contributed by atoms with Crippen LogP contribution in [0.3, 0.4) is 0 Å². The van der Waals surface area contributed by atoms with Crippen molar-refractivity contribution < 1.29 is 9.53 Å². The first-order valence-electron chi connectivity index (χ1n) is 9.10. The highest BCUT2D eigenvalue weighted by Gasteiger charge is 2.24. The van der Waals surface area contributed by atoms with E-state index in [9.17, 15) is 4.79 Å². The second-order valence-corrected chi connectivity index (χ2v) is 6.60. The number of ether oxygens (including phenoxy) is 1. The van der Waals surface area contributed by atoms with Gasteiger partial charge in [-0.3, -0.25) is 4.79 Å². The lowest BCUT2D eigenvalue weighted by Crippen LogP contribution is -2.32. The number of aromatic nitrogens is 5. The Hall–Kier alpha value is -3.16. The molecule has 3 heterocycles. The van der Waals surface area contributed by atoms with Crippen LogP contribution in [0.2, 0.25) is 0 Å². The molecule has 2 aromatic heterocycles. The standard InChI is InChI=1S/C19H22N6O2/c1-27-17-6-4-16(5-7-17)24-13-9-18(21-24)19(26)23-11-2-3-15(8-12-23)25-14-10-20-22-25/h4-7,9-10,13-15H,2-3,8,11-12H2,1H3. The number of carbonyl (C=O) groups excluding carboxylic acids is 1. The minimum absolute atomic E-state index is 0.0264. The fourth-order valence-electron chi connectivity index (χ4n) is 3.44. The molecule has 0 bridgehead atoms. The lowest BCUT2D eigenvalue weighted by Gasteiger charge is -2.19. The molecular formula is C19H22N6O2. The van der Waals surface area contributed by atoms with Crippen LogP contribution in [-0.2, 0) is 0 Å². The molecule has 1 saturated heterocycles. The number of amides is 1. The Morgan fingerprint density at radius 1 is 1.11 bits per heavy atom. The maximum absolute atomic E-state index is 12.9. The molecule has 1 atom stereocenters. The smallest absolute Gasteiger partial charge is 0.274 e. The highest BCUT2D eigenvalue weighted by molar-refractivity contribution is 5.92. The number of carbonyl (C=O) groups is 1. The average molecular weight is 366 g/mol. The third-order valence-corrected chi connectivity index (χ3v) is 4.95. The number of nitrogens with zero attached hydrogens (tertiary/aromatic N) is 6. The van der Waals surface area contributed by atoms with E-state index in [1.54, 1.807) is 24.1 Å². The Bertz CT molecular complexity index is 887. The third-order valence-electron chi connectivity index (χ3n) is 4.95. The van der Waals surface area contributed by atoms with Crippen LogP contribution >= 0.6 is 0 Å². The molecule has 0 aliphatic carbocycles. The fraction of sp³-hybridized carbons (Fsp3) is 0.368.